The predicted molar refractivity (Wildman–Crippen MR) is 55.2 cm³/mol. The van der Waals surface area contributed by atoms with Crippen LogP contribution in [-0.4, -0.2) is 15.4 Å². The molecule has 0 aromatic carbocycles. The number of hydrogen-bond donors (Lipinski definition) is 0. The van der Waals surface area contributed by atoms with E-state index in [4.69, 9.17) is 0 Å². The summed E-state index contributed by atoms with van der Waals surface area (Å²) in [5.41, 5.74) is 0.479. The van der Waals surface area contributed by atoms with Crippen molar-refractivity contribution in [2.24, 2.45) is 11.3 Å². The standard InChI is InChI=1S/C10H20O3S/c1-3-10(2)6-4-9(5-7-10)8-13-14(11)12/h9H,3-8H2,1-2H3,(H,11,12)/p-1. The van der Waals surface area contributed by atoms with Crippen molar-refractivity contribution in [2.45, 2.75) is 46.0 Å². The van der Waals surface area contributed by atoms with Gasteiger partial charge >= 0.3 is 0 Å². The van der Waals surface area contributed by atoms with Gasteiger partial charge in [0.1, 0.15) is 0 Å². The summed E-state index contributed by atoms with van der Waals surface area (Å²) in [6.45, 7) is 4.91. The second-order valence-corrected chi connectivity index (χ2v) is 5.24. The van der Waals surface area contributed by atoms with E-state index >= 15 is 0 Å². The molecule has 1 aliphatic carbocycles. The van der Waals surface area contributed by atoms with Gasteiger partial charge in [-0.25, -0.2) is 4.21 Å². The van der Waals surface area contributed by atoms with E-state index in [0.29, 0.717) is 17.9 Å². The number of hydrogen-bond acceptors (Lipinski definition) is 3. The molecule has 14 heavy (non-hydrogen) atoms. The minimum atomic E-state index is -2.34. The van der Waals surface area contributed by atoms with Crippen LogP contribution < -0.4 is 0 Å². The quantitative estimate of drug-likeness (QED) is 0.682. The van der Waals surface area contributed by atoms with E-state index < -0.39 is 11.4 Å². The largest absolute Gasteiger partial charge is 0.750 e. The highest BCUT2D eigenvalue weighted by molar-refractivity contribution is 7.74. The maximum Gasteiger partial charge on any atom is 0.0842 e. The first-order valence-electron chi connectivity index (χ1n) is 5.28. The van der Waals surface area contributed by atoms with Crippen molar-refractivity contribution in [2.75, 3.05) is 6.61 Å². The van der Waals surface area contributed by atoms with E-state index in [-0.39, 0.29) is 0 Å². The van der Waals surface area contributed by atoms with Gasteiger partial charge in [-0.1, -0.05) is 20.3 Å². The molecule has 4 heteroatoms. The summed E-state index contributed by atoms with van der Waals surface area (Å²) in [5, 5.41) is 0. The third kappa shape index (κ3) is 3.67. The monoisotopic (exact) mass is 219 g/mol. The molecule has 0 heterocycles. The lowest BCUT2D eigenvalue weighted by Crippen LogP contribution is -2.26. The van der Waals surface area contributed by atoms with Gasteiger partial charge in [-0.3, -0.25) is 0 Å². The van der Waals surface area contributed by atoms with E-state index in [9.17, 15) is 8.76 Å². The van der Waals surface area contributed by atoms with Gasteiger partial charge in [0.2, 0.25) is 0 Å². The predicted octanol–water partition coefficient (Wildman–Crippen LogP) is 2.40. The summed E-state index contributed by atoms with van der Waals surface area (Å²) in [6, 6.07) is 0. The van der Waals surface area contributed by atoms with E-state index in [1.807, 2.05) is 0 Å². The number of rotatable bonds is 4. The zero-order chi connectivity index (χ0) is 10.6. The SMILES string of the molecule is CCC1(C)CCC(COS(=O)[O-])CC1. The molecule has 0 N–H and O–H groups in total. The van der Waals surface area contributed by atoms with Crippen molar-refractivity contribution >= 4 is 11.4 Å². The maximum absolute atomic E-state index is 10.2. The van der Waals surface area contributed by atoms with Crippen LogP contribution in [0.2, 0.25) is 0 Å². The highest BCUT2D eigenvalue weighted by Crippen LogP contribution is 2.40. The lowest BCUT2D eigenvalue weighted by molar-refractivity contribution is 0.127. The van der Waals surface area contributed by atoms with Crippen LogP contribution in [0.15, 0.2) is 0 Å². The molecule has 0 aliphatic heterocycles. The van der Waals surface area contributed by atoms with Gasteiger partial charge in [-0.15, -0.1) is 0 Å². The zero-order valence-corrected chi connectivity index (χ0v) is 9.77. The minimum Gasteiger partial charge on any atom is -0.750 e. The first kappa shape index (κ1) is 12.1. The smallest absolute Gasteiger partial charge is 0.0842 e. The molecule has 1 unspecified atom stereocenters. The first-order chi connectivity index (χ1) is 6.56. The second-order valence-electron chi connectivity index (χ2n) is 4.60. The third-order valence-corrected chi connectivity index (χ3v) is 3.89. The van der Waals surface area contributed by atoms with Gasteiger partial charge in [0.15, 0.2) is 0 Å². The highest BCUT2D eigenvalue weighted by atomic mass is 32.2. The molecule has 0 aromatic rings. The molecular formula is C10H19O3S-. The lowest BCUT2D eigenvalue weighted by Gasteiger charge is -2.36. The molecule has 0 spiro atoms. The summed E-state index contributed by atoms with van der Waals surface area (Å²) >= 11 is -2.34. The average molecular weight is 219 g/mol. The van der Waals surface area contributed by atoms with Crippen LogP contribution in [0, 0.1) is 11.3 Å². The van der Waals surface area contributed by atoms with E-state index in [0.717, 1.165) is 12.8 Å². The fourth-order valence-corrected chi connectivity index (χ4v) is 2.35. The van der Waals surface area contributed by atoms with Gasteiger partial charge in [0.25, 0.3) is 0 Å². The molecule has 1 saturated carbocycles. The summed E-state index contributed by atoms with van der Waals surface area (Å²) in [4.78, 5) is 0. The molecule has 84 valence electrons. The third-order valence-electron chi connectivity index (χ3n) is 3.57. The molecular weight excluding hydrogens is 200 g/mol. The van der Waals surface area contributed by atoms with Crippen LogP contribution in [0.1, 0.15) is 46.0 Å². The minimum absolute atomic E-state index is 0.371. The van der Waals surface area contributed by atoms with Gasteiger partial charge in [0.05, 0.1) is 18.0 Å². The Hall–Kier alpha value is 0.0700. The van der Waals surface area contributed by atoms with Gasteiger partial charge in [0, 0.05) is 0 Å². The normalized spacial score (nSPS) is 35.5. The van der Waals surface area contributed by atoms with Crippen LogP contribution >= 0.6 is 0 Å². The Morgan fingerprint density at radius 2 is 2.07 bits per heavy atom. The van der Waals surface area contributed by atoms with E-state index in [1.54, 1.807) is 0 Å². The summed E-state index contributed by atoms with van der Waals surface area (Å²) in [7, 11) is 0. The molecule has 1 aliphatic rings. The fraction of sp³-hybridized carbons (Fsp3) is 1.00. The Bertz CT molecular complexity index is 198. The van der Waals surface area contributed by atoms with Crippen molar-refractivity contribution in [3.8, 4) is 0 Å². The molecule has 1 rings (SSSR count). The van der Waals surface area contributed by atoms with Gasteiger partial charge in [-0.2, -0.15) is 0 Å². The fourth-order valence-electron chi connectivity index (χ4n) is 2.05. The Morgan fingerprint density at radius 1 is 1.50 bits per heavy atom. The van der Waals surface area contributed by atoms with Crippen LogP contribution in [0.25, 0.3) is 0 Å². The Morgan fingerprint density at radius 3 is 2.50 bits per heavy atom. The van der Waals surface area contributed by atoms with Crippen molar-refractivity contribution in [1.29, 1.82) is 0 Å². The molecule has 3 nitrogen and oxygen atoms in total. The molecule has 0 amide bonds. The topological polar surface area (TPSA) is 49.4 Å². The van der Waals surface area contributed by atoms with E-state index in [2.05, 4.69) is 18.0 Å². The summed E-state index contributed by atoms with van der Waals surface area (Å²) in [5.74, 6) is 0.438. The zero-order valence-electron chi connectivity index (χ0n) is 8.95. The molecule has 0 bridgehead atoms. The van der Waals surface area contributed by atoms with Crippen LogP contribution in [-0.2, 0) is 15.5 Å². The maximum atomic E-state index is 10.2. The summed E-state index contributed by atoms with van der Waals surface area (Å²) in [6.07, 6.45) is 5.81. The van der Waals surface area contributed by atoms with Crippen molar-refractivity contribution in [3.05, 3.63) is 0 Å². The first-order valence-corrected chi connectivity index (χ1v) is 6.28. The van der Waals surface area contributed by atoms with Crippen LogP contribution in [0.5, 0.6) is 0 Å². The Kier molecular flexibility index (Phi) is 4.54. The Labute approximate surface area is 88.7 Å². The van der Waals surface area contributed by atoms with Crippen molar-refractivity contribution < 1.29 is 12.9 Å². The molecule has 0 radical (unpaired) electrons. The van der Waals surface area contributed by atoms with E-state index in [1.165, 1.54) is 19.3 Å². The van der Waals surface area contributed by atoms with Crippen LogP contribution in [0.4, 0.5) is 0 Å². The Balaban J connectivity index is 2.25. The summed E-state index contributed by atoms with van der Waals surface area (Å²) < 4.78 is 25.0. The van der Waals surface area contributed by atoms with Crippen molar-refractivity contribution in [3.63, 3.8) is 0 Å². The van der Waals surface area contributed by atoms with Crippen LogP contribution in [0.3, 0.4) is 0 Å². The lowest BCUT2D eigenvalue weighted by atomic mass is 9.70. The average Bonchev–Trinajstić information content (AvgIpc) is 2.17. The molecule has 1 fully saturated rings. The molecule has 0 saturated heterocycles. The van der Waals surface area contributed by atoms with Gasteiger partial charge < -0.3 is 8.74 Å². The van der Waals surface area contributed by atoms with Gasteiger partial charge in [-0.05, 0) is 37.0 Å². The molecule has 0 aromatic heterocycles. The molecule has 1 atom stereocenters. The highest BCUT2D eigenvalue weighted by Gasteiger charge is 2.29. The van der Waals surface area contributed by atoms with Crippen molar-refractivity contribution in [1.82, 2.24) is 0 Å². The second kappa shape index (κ2) is 5.24.